The highest BCUT2D eigenvalue weighted by atomic mass is 19.1. The van der Waals surface area contributed by atoms with E-state index in [4.69, 9.17) is 9.84 Å². The molecule has 5 heteroatoms. The second-order valence-corrected chi connectivity index (χ2v) is 5.07. The molecule has 0 atom stereocenters. The quantitative estimate of drug-likeness (QED) is 0.737. The van der Waals surface area contributed by atoms with Gasteiger partial charge >= 0.3 is 6.09 Å². The molecular weight excluding hydrogens is 201 g/mol. The van der Waals surface area contributed by atoms with Crippen LogP contribution in [0.4, 0.5) is 9.18 Å². The van der Waals surface area contributed by atoms with E-state index in [1.165, 1.54) is 0 Å². The van der Waals surface area contributed by atoms with E-state index >= 15 is 0 Å². The van der Waals surface area contributed by atoms with E-state index in [0.717, 1.165) is 0 Å². The molecule has 0 radical (unpaired) electrons. The number of aliphatic hydroxyl groups excluding tert-OH is 1. The van der Waals surface area contributed by atoms with Crippen LogP contribution in [0, 0.1) is 0 Å². The number of halogens is 1. The van der Waals surface area contributed by atoms with Gasteiger partial charge in [-0.1, -0.05) is 0 Å². The van der Waals surface area contributed by atoms with Gasteiger partial charge in [0, 0.05) is 12.8 Å². The van der Waals surface area contributed by atoms with Crippen molar-refractivity contribution in [3.63, 3.8) is 0 Å². The van der Waals surface area contributed by atoms with Gasteiger partial charge in [-0.3, -0.25) is 0 Å². The Hall–Kier alpha value is -0.840. The first-order valence-electron chi connectivity index (χ1n) is 5.04. The summed E-state index contributed by atoms with van der Waals surface area (Å²) in [5.74, 6) is 0. The minimum atomic E-state index is -1.46. The van der Waals surface area contributed by atoms with E-state index < -0.39 is 23.5 Å². The fourth-order valence-electron chi connectivity index (χ4n) is 1.47. The van der Waals surface area contributed by atoms with Gasteiger partial charge in [0.25, 0.3) is 0 Å². The van der Waals surface area contributed by atoms with Gasteiger partial charge in [-0.05, 0) is 20.8 Å². The molecule has 0 bridgehead atoms. The van der Waals surface area contributed by atoms with Crippen LogP contribution in [-0.4, -0.2) is 35.1 Å². The summed E-state index contributed by atoms with van der Waals surface area (Å²) in [4.78, 5) is 11.2. The molecule has 0 aromatic heterocycles. The van der Waals surface area contributed by atoms with E-state index in [-0.39, 0.29) is 19.4 Å². The molecule has 1 aliphatic carbocycles. The molecule has 0 aliphatic heterocycles. The summed E-state index contributed by atoms with van der Waals surface area (Å²) in [6.07, 6.45) is -1.03. The van der Waals surface area contributed by atoms with Crippen LogP contribution in [0.1, 0.15) is 33.6 Å². The van der Waals surface area contributed by atoms with Gasteiger partial charge in [0.1, 0.15) is 11.3 Å². The number of carbonyl (C=O) groups is 1. The zero-order chi connectivity index (χ0) is 11.7. The van der Waals surface area contributed by atoms with Gasteiger partial charge in [0.05, 0.1) is 12.6 Å². The average Bonchev–Trinajstić information content (AvgIpc) is 1.95. The van der Waals surface area contributed by atoms with Gasteiger partial charge in [0.15, 0.2) is 0 Å². The Kier molecular flexibility index (Phi) is 3.23. The Morgan fingerprint density at radius 1 is 1.60 bits per heavy atom. The minimum Gasteiger partial charge on any atom is -0.444 e. The van der Waals surface area contributed by atoms with Crippen LogP contribution in [0.15, 0.2) is 0 Å². The zero-order valence-electron chi connectivity index (χ0n) is 9.34. The minimum absolute atomic E-state index is 0.0861. The standard InChI is InChI=1S/C10H18FNO3/c1-9(2,3)15-8(14)12-6-10(11)4-7(13)5-10/h7,13H,4-6H2,1-3H3,(H,12,14). The molecule has 4 nitrogen and oxygen atoms in total. The molecule has 0 spiro atoms. The third-order valence-electron chi connectivity index (χ3n) is 2.15. The highest BCUT2D eigenvalue weighted by molar-refractivity contribution is 5.67. The molecule has 0 aromatic rings. The topological polar surface area (TPSA) is 58.6 Å². The number of hydrogen-bond donors (Lipinski definition) is 2. The highest BCUT2D eigenvalue weighted by Crippen LogP contribution is 2.35. The lowest BCUT2D eigenvalue weighted by atomic mass is 9.79. The molecule has 88 valence electrons. The third-order valence-corrected chi connectivity index (χ3v) is 2.15. The van der Waals surface area contributed by atoms with Gasteiger partial charge in [-0.25, -0.2) is 9.18 Å². The van der Waals surface area contributed by atoms with E-state index in [9.17, 15) is 9.18 Å². The highest BCUT2D eigenvalue weighted by Gasteiger charge is 2.44. The molecule has 0 saturated heterocycles. The van der Waals surface area contributed by atoms with Crippen molar-refractivity contribution in [1.29, 1.82) is 0 Å². The van der Waals surface area contributed by atoms with Crippen molar-refractivity contribution in [3.05, 3.63) is 0 Å². The molecule has 2 N–H and O–H groups in total. The molecule has 1 rings (SSSR count). The summed E-state index contributed by atoms with van der Waals surface area (Å²) in [6, 6.07) is 0. The van der Waals surface area contributed by atoms with Crippen molar-refractivity contribution in [2.75, 3.05) is 6.54 Å². The number of amides is 1. The first-order valence-corrected chi connectivity index (χ1v) is 5.04. The van der Waals surface area contributed by atoms with E-state index in [1.54, 1.807) is 20.8 Å². The van der Waals surface area contributed by atoms with Crippen molar-refractivity contribution in [2.45, 2.75) is 51.0 Å². The van der Waals surface area contributed by atoms with Gasteiger partial charge in [-0.15, -0.1) is 0 Å². The van der Waals surface area contributed by atoms with E-state index in [2.05, 4.69) is 5.32 Å². The summed E-state index contributed by atoms with van der Waals surface area (Å²) in [6.45, 7) is 5.12. The number of alkyl carbamates (subject to hydrolysis) is 1. The molecule has 1 fully saturated rings. The molecule has 1 amide bonds. The Balaban J connectivity index is 2.23. The number of alkyl halides is 1. The lowest BCUT2D eigenvalue weighted by Gasteiger charge is -2.38. The monoisotopic (exact) mass is 219 g/mol. The smallest absolute Gasteiger partial charge is 0.407 e. The first kappa shape index (κ1) is 12.2. The first-order chi connectivity index (χ1) is 6.70. The maximum Gasteiger partial charge on any atom is 0.407 e. The number of ether oxygens (including phenoxy) is 1. The molecule has 15 heavy (non-hydrogen) atoms. The molecule has 0 aromatic carbocycles. The molecule has 1 aliphatic rings. The van der Waals surface area contributed by atoms with Crippen LogP contribution in [-0.2, 0) is 4.74 Å². The van der Waals surface area contributed by atoms with Gasteiger partial charge < -0.3 is 15.2 Å². The Bertz CT molecular complexity index is 244. The van der Waals surface area contributed by atoms with Crippen LogP contribution in [0.25, 0.3) is 0 Å². The number of carbonyl (C=O) groups excluding carboxylic acids is 1. The van der Waals surface area contributed by atoms with Crippen LogP contribution < -0.4 is 5.32 Å². The molecule has 0 heterocycles. The Morgan fingerprint density at radius 2 is 2.13 bits per heavy atom. The number of aliphatic hydroxyl groups is 1. The summed E-state index contributed by atoms with van der Waals surface area (Å²) in [5, 5.41) is 11.3. The van der Waals surface area contributed by atoms with Crippen molar-refractivity contribution in [2.24, 2.45) is 0 Å². The Labute approximate surface area is 88.8 Å². The molecule has 0 unspecified atom stereocenters. The van der Waals surface area contributed by atoms with Gasteiger partial charge in [-0.2, -0.15) is 0 Å². The predicted octanol–water partition coefficient (Wildman–Crippen LogP) is 1.37. The summed E-state index contributed by atoms with van der Waals surface area (Å²) >= 11 is 0. The fraction of sp³-hybridized carbons (Fsp3) is 0.900. The average molecular weight is 219 g/mol. The van der Waals surface area contributed by atoms with Crippen LogP contribution >= 0.6 is 0 Å². The number of rotatable bonds is 2. The van der Waals surface area contributed by atoms with Gasteiger partial charge in [0.2, 0.25) is 0 Å². The van der Waals surface area contributed by atoms with Crippen molar-refractivity contribution >= 4 is 6.09 Å². The van der Waals surface area contributed by atoms with Crippen LogP contribution in [0.3, 0.4) is 0 Å². The second-order valence-electron chi connectivity index (χ2n) is 5.07. The molecule has 1 saturated carbocycles. The lowest BCUT2D eigenvalue weighted by molar-refractivity contribution is -0.0555. The largest absolute Gasteiger partial charge is 0.444 e. The van der Waals surface area contributed by atoms with E-state index in [1.807, 2.05) is 0 Å². The lowest BCUT2D eigenvalue weighted by Crippen LogP contribution is -2.51. The van der Waals surface area contributed by atoms with E-state index in [0.29, 0.717) is 0 Å². The summed E-state index contributed by atoms with van der Waals surface area (Å²) < 4.78 is 18.5. The van der Waals surface area contributed by atoms with Crippen LogP contribution in [0.2, 0.25) is 0 Å². The van der Waals surface area contributed by atoms with Crippen molar-refractivity contribution in [1.82, 2.24) is 5.32 Å². The zero-order valence-corrected chi connectivity index (χ0v) is 9.34. The number of nitrogens with one attached hydrogen (secondary N) is 1. The molecular formula is C10H18FNO3. The second kappa shape index (κ2) is 3.96. The maximum atomic E-state index is 13.5. The van der Waals surface area contributed by atoms with Crippen molar-refractivity contribution in [3.8, 4) is 0 Å². The van der Waals surface area contributed by atoms with Crippen molar-refractivity contribution < 1.29 is 19.0 Å². The third kappa shape index (κ3) is 4.03. The fourth-order valence-corrected chi connectivity index (χ4v) is 1.47. The normalized spacial score (nSPS) is 30.6. The maximum absolute atomic E-state index is 13.5. The Morgan fingerprint density at radius 3 is 2.53 bits per heavy atom. The summed E-state index contributed by atoms with van der Waals surface area (Å²) in [7, 11) is 0. The SMILES string of the molecule is CC(C)(C)OC(=O)NCC1(F)CC(O)C1. The predicted molar refractivity (Wildman–Crippen MR) is 53.3 cm³/mol. The van der Waals surface area contributed by atoms with Crippen LogP contribution in [0.5, 0.6) is 0 Å². The summed E-state index contributed by atoms with van der Waals surface area (Å²) in [5.41, 5.74) is -2.04. The number of hydrogen-bond acceptors (Lipinski definition) is 3.